The van der Waals surface area contributed by atoms with Gasteiger partial charge in [-0.25, -0.2) is 0 Å². The number of aromatic nitrogens is 2. The lowest BCUT2D eigenvalue weighted by Crippen LogP contribution is -2.52. The molecule has 1 atom stereocenters. The number of carbonyl (C=O) groups excluding carboxylic acids is 1. The normalized spacial score (nSPS) is 28.5. The van der Waals surface area contributed by atoms with Gasteiger partial charge in [-0.15, -0.1) is 0 Å². The van der Waals surface area contributed by atoms with Crippen LogP contribution in [0.4, 0.5) is 5.82 Å². The van der Waals surface area contributed by atoms with E-state index in [0.717, 1.165) is 45.0 Å². The molecule has 22 heavy (non-hydrogen) atoms. The number of amides is 1. The third-order valence-corrected chi connectivity index (χ3v) is 5.69. The first kappa shape index (κ1) is 14.1. The Morgan fingerprint density at radius 3 is 2.55 bits per heavy atom. The Morgan fingerprint density at radius 1 is 1.23 bits per heavy atom. The van der Waals surface area contributed by atoms with Crippen LogP contribution in [0.3, 0.4) is 0 Å². The molecule has 0 aromatic carbocycles. The summed E-state index contributed by atoms with van der Waals surface area (Å²) in [5, 5.41) is 7.72. The van der Waals surface area contributed by atoms with E-state index in [1.807, 2.05) is 11.9 Å². The largest absolute Gasteiger partial charge is 0.353 e. The van der Waals surface area contributed by atoms with Crippen LogP contribution in [0.5, 0.6) is 0 Å². The number of carbonyl (C=O) groups is 1. The first-order valence-corrected chi connectivity index (χ1v) is 8.37. The number of nitrogens with one attached hydrogen (secondary N) is 1. The first-order chi connectivity index (χ1) is 10.6. The lowest BCUT2D eigenvalue weighted by molar-refractivity contribution is -0.131. The number of nitrogens with zero attached hydrogens (tertiary/aromatic N) is 4. The second-order valence-corrected chi connectivity index (χ2v) is 7.29. The third kappa shape index (κ3) is 2.29. The average molecular weight is 303 g/mol. The molecule has 6 heteroatoms. The zero-order valence-corrected chi connectivity index (χ0v) is 13.5. The smallest absolute Gasteiger partial charge is 0.239 e. The number of hydrogen-bond donors (Lipinski definition) is 1. The van der Waals surface area contributed by atoms with Gasteiger partial charge in [-0.1, -0.05) is 6.92 Å². The van der Waals surface area contributed by atoms with Crippen LogP contribution in [-0.4, -0.2) is 71.7 Å². The molecule has 1 N–H and O–H groups in total. The Kier molecular flexibility index (Phi) is 3.18. The van der Waals surface area contributed by atoms with Gasteiger partial charge in [-0.3, -0.25) is 14.8 Å². The molecule has 2 saturated heterocycles. The number of likely N-dealkylation sites (N-methyl/N-ethyl adjacent to an activating group) is 1. The molecule has 1 saturated carbocycles. The minimum absolute atomic E-state index is 0.104. The second-order valence-electron chi connectivity index (χ2n) is 7.29. The van der Waals surface area contributed by atoms with Crippen LogP contribution in [0.25, 0.3) is 0 Å². The van der Waals surface area contributed by atoms with E-state index in [0.29, 0.717) is 5.41 Å². The maximum absolute atomic E-state index is 12.1. The summed E-state index contributed by atoms with van der Waals surface area (Å²) in [5.74, 6) is 1.36. The molecule has 0 radical (unpaired) electrons. The molecule has 3 aliphatic rings. The lowest BCUT2D eigenvalue weighted by Gasteiger charge is -2.37. The van der Waals surface area contributed by atoms with E-state index in [1.54, 1.807) is 0 Å². The molecule has 0 bridgehead atoms. The van der Waals surface area contributed by atoms with E-state index >= 15 is 0 Å². The standard InChI is InChI=1S/C16H25N5O/c1-16(4-5-16)13-11-14(18-17-13)21-9-7-20(8-10-21)12-3-6-19(2)15(12)22/h11-12H,3-10H2,1-2H3,(H,17,18). The Balaban J connectivity index is 1.37. The van der Waals surface area contributed by atoms with E-state index in [4.69, 9.17) is 0 Å². The fourth-order valence-electron chi connectivity index (χ4n) is 3.64. The molecule has 1 amide bonds. The van der Waals surface area contributed by atoms with Crippen LogP contribution >= 0.6 is 0 Å². The van der Waals surface area contributed by atoms with Crippen molar-refractivity contribution in [1.82, 2.24) is 20.0 Å². The van der Waals surface area contributed by atoms with E-state index in [1.165, 1.54) is 18.5 Å². The average Bonchev–Trinajstić information content (AvgIpc) is 2.97. The van der Waals surface area contributed by atoms with Gasteiger partial charge in [-0.05, 0) is 19.3 Å². The van der Waals surface area contributed by atoms with Crippen molar-refractivity contribution in [2.24, 2.45) is 0 Å². The van der Waals surface area contributed by atoms with Crippen LogP contribution in [0.1, 0.15) is 31.9 Å². The molecule has 120 valence electrons. The molecule has 1 aromatic rings. The van der Waals surface area contributed by atoms with E-state index < -0.39 is 0 Å². The summed E-state index contributed by atoms with van der Waals surface area (Å²) in [6.07, 6.45) is 3.50. The molecule has 1 unspecified atom stereocenters. The van der Waals surface area contributed by atoms with Gasteiger partial charge in [0.15, 0.2) is 5.82 Å². The van der Waals surface area contributed by atoms with Crippen molar-refractivity contribution in [2.75, 3.05) is 44.7 Å². The monoisotopic (exact) mass is 303 g/mol. The second kappa shape index (κ2) is 4.98. The van der Waals surface area contributed by atoms with Gasteiger partial charge in [0.2, 0.25) is 5.91 Å². The first-order valence-electron chi connectivity index (χ1n) is 8.37. The van der Waals surface area contributed by atoms with Crippen molar-refractivity contribution in [3.8, 4) is 0 Å². The zero-order valence-electron chi connectivity index (χ0n) is 13.5. The van der Waals surface area contributed by atoms with Crippen molar-refractivity contribution >= 4 is 11.7 Å². The van der Waals surface area contributed by atoms with Crippen LogP contribution in [0.2, 0.25) is 0 Å². The molecular weight excluding hydrogens is 278 g/mol. The fourth-order valence-corrected chi connectivity index (χ4v) is 3.64. The van der Waals surface area contributed by atoms with Gasteiger partial charge in [0, 0.05) is 56.9 Å². The van der Waals surface area contributed by atoms with Crippen molar-refractivity contribution in [3.05, 3.63) is 11.8 Å². The quantitative estimate of drug-likeness (QED) is 0.898. The molecular formula is C16H25N5O. The summed E-state index contributed by atoms with van der Waals surface area (Å²) in [6.45, 7) is 6.99. The van der Waals surface area contributed by atoms with Gasteiger partial charge in [-0.2, -0.15) is 5.10 Å². The van der Waals surface area contributed by atoms with E-state index in [9.17, 15) is 4.79 Å². The Morgan fingerprint density at radius 2 is 1.95 bits per heavy atom. The Hall–Kier alpha value is -1.56. The SMILES string of the molecule is CN1CCC(N2CCN(c3cc(C4(C)CC4)[nH]n3)CC2)C1=O. The van der Waals surface area contributed by atoms with Crippen molar-refractivity contribution in [2.45, 2.75) is 37.6 Å². The molecule has 4 rings (SSSR count). The molecule has 3 fully saturated rings. The minimum Gasteiger partial charge on any atom is -0.353 e. The highest BCUT2D eigenvalue weighted by Crippen LogP contribution is 2.47. The molecule has 2 aliphatic heterocycles. The number of anilines is 1. The number of piperazine rings is 1. The number of hydrogen-bond acceptors (Lipinski definition) is 4. The van der Waals surface area contributed by atoms with Crippen molar-refractivity contribution < 1.29 is 4.79 Å². The van der Waals surface area contributed by atoms with E-state index in [2.05, 4.69) is 33.0 Å². The highest BCUT2D eigenvalue weighted by molar-refractivity contribution is 5.83. The maximum atomic E-state index is 12.1. The summed E-state index contributed by atoms with van der Waals surface area (Å²) in [6, 6.07) is 2.32. The van der Waals surface area contributed by atoms with Crippen LogP contribution in [0, 0.1) is 0 Å². The van der Waals surface area contributed by atoms with Gasteiger partial charge in [0.1, 0.15) is 0 Å². The van der Waals surface area contributed by atoms with Crippen LogP contribution < -0.4 is 4.90 Å². The lowest BCUT2D eigenvalue weighted by atomic mass is 10.1. The molecule has 1 aliphatic carbocycles. The van der Waals surface area contributed by atoms with Crippen LogP contribution in [-0.2, 0) is 10.2 Å². The minimum atomic E-state index is 0.104. The van der Waals surface area contributed by atoms with Gasteiger partial charge in [0.05, 0.1) is 6.04 Å². The number of aromatic amines is 1. The summed E-state index contributed by atoms with van der Waals surface area (Å²) in [4.78, 5) is 18.7. The molecule has 6 nitrogen and oxygen atoms in total. The summed E-state index contributed by atoms with van der Waals surface area (Å²) < 4.78 is 0. The Bertz CT molecular complexity index is 571. The fraction of sp³-hybridized carbons (Fsp3) is 0.750. The topological polar surface area (TPSA) is 55.5 Å². The predicted octanol–water partition coefficient (Wildman–Crippen LogP) is 0.814. The molecule has 3 heterocycles. The predicted molar refractivity (Wildman–Crippen MR) is 85.0 cm³/mol. The van der Waals surface area contributed by atoms with Crippen molar-refractivity contribution in [3.63, 3.8) is 0 Å². The maximum Gasteiger partial charge on any atom is 0.239 e. The highest BCUT2D eigenvalue weighted by Gasteiger charge is 2.41. The highest BCUT2D eigenvalue weighted by atomic mass is 16.2. The molecule has 1 aromatic heterocycles. The van der Waals surface area contributed by atoms with Crippen LogP contribution in [0.15, 0.2) is 6.07 Å². The number of rotatable bonds is 3. The summed E-state index contributed by atoms with van der Waals surface area (Å²) in [7, 11) is 1.91. The summed E-state index contributed by atoms with van der Waals surface area (Å²) >= 11 is 0. The molecule has 0 spiro atoms. The van der Waals surface area contributed by atoms with Crippen molar-refractivity contribution in [1.29, 1.82) is 0 Å². The Labute approximate surface area is 131 Å². The third-order valence-electron chi connectivity index (χ3n) is 5.69. The van der Waals surface area contributed by atoms with Gasteiger partial charge >= 0.3 is 0 Å². The van der Waals surface area contributed by atoms with Gasteiger partial charge in [0.25, 0.3) is 0 Å². The van der Waals surface area contributed by atoms with Gasteiger partial charge < -0.3 is 9.80 Å². The number of H-pyrrole nitrogens is 1. The number of likely N-dealkylation sites (tertiary alicyclic amines) is 1. The van der Waals surface area contributed by atoms with E-state index in [-0.39, 0.29) is 11.9 Å². The summed E-state index contributed by atoms with van der Waals surface area (Å²) in [5.41, 5.74) is 1.62. The zero-order chi connectivity index (χ0) is 15.3.